The Balaban J connectivity index is 0.00000109. The number of nitrogens with zero attached hydrogens (tertiary/aromatic N) is 2. The van der Waals surface area contributed by atoms with Crippen LogP contribution in [-0.2, 0) is 0 Å². The summed E-state index contributed by atoms with van der Waals surface area (Å²) in [5.41, 5.74) is -0.202. The molecule has 4 rings (SSSR count). The summed E-state index contributed by atoms with van der Waals surface area (Å²) in [5, 5.41) is 28.3. The third-order valence-electron chi connectivity index (χ3n) is 5.84. The summed E-state index contributed by atoms with van der Waals surface area (Å²) >= 11 is 0. The van der Waals surface area contributed by atoms with Gasteiger partial charge in [0.25, 0.3) is 0 Å². The standard InChI is InChI=1S/C23H27FN4O4.C2H2.ClH/c1-23(2,30)15-10-25-11-17(15)27-21-13-8-19(31-3)20(32-4)9-16(13)26-22(28-21)14-7-12(24)5-6-18(14)29;1-2;/h5-9,15,17,25,29-30H,10-11H2,1-4H3,(H,26,27,28);1-2H;1H/t15-,17-;;/m1../s1/i;1T;. The van der Waals surface area contributed by atoms with Crippen molar-refractivity contribution in [2.45, 2.75) is 25.5 Å². The summed E-state index contributed by atoms with van der Waals surface area (Å²) in [5.74, 6) is 0.929. The van der Waals surface area contributed by atoms with E-state index in [0.717, 1.165) is 0 Å². The number of terminal acetylenes is 1. The van der Waals surface area contributed by atoms with E-state index in [2.05, 4.69) is 27.0 Å². The van der Waals surface area contributed by atoms with E-state index in [4.69, 9.17) is 10.8 Å². The van der Waals surface area contributed by atoms with Gasteiger partial charge in [0.1, 0.15) is 18.8 Å². The van der Waals surface area contributed by atoms with Crippen LogP contribution >= 0.6 is 12.4 Å². The molecule has 0 spiro atoms. The molecule has 2 atom stereocenters. The Morgan fingerprint density at radius 1 is 1.17 bits per heavy atom. The summed E-state index contributed by atoms with van der Waals surface area (Å²) in [7, 11) is 3.07. The summed E-state index contributed by atoms with van der Waals surface area (Å²) in [6.45, 7) is 4.84. The quantitative estimate of drug-likeness (QED) is 0.375. The highest BCUT2D eigenvalue weighted by atomic mass is 35.5. The summed E-state index contributed by atoms with van der Waals surface area (Å²) < 4.78 is 30.5. The van der Waals surface area contributed by atoms with Crippen LogP contribution in [0.25, 0.3) is 22.3 Å². The number of phenols is 1. The molecule has 0 bridgehead atoms. The molecule has 0 radical (unpaired) electrons. The van der Waals surface area contributed by atoms with Gasteiger partial charge >= 0.3 is 0 Å². The molecule has 1 aliphatic heterocycles. The summed E-state index contributed by atoms with van der Waals surface area (Å²) in [6.07, 6.45) is 5.76. The normalized spacial score (nSPS) is 17.3. The van der Waals surface area contributed by atoms with Crippen molar-refractivity contribution in [1.82, 2.24) is 15.3 Å². The van der Waals surface area contributed by atoms with E-state index >= 15 is 0 Å². The van der Waals surface area contributed by atoms with E-state index in [1.807, 2.05) is 0 Å². The van der Waals surface area contributed by atoms with Crippen LogP contribution in [-0.4, -0.2) is 59.1 Å². The van der Waals surface area contributed by atoms with E-state index in [0.29, 0.717) is 41.3 Å². The SMILES string of the molecule is COc1cc2nc(-c3cc(F)ccc3O)nc(N[C@@H]3CNC[C@H]3C(C)(C)O)c2cc1OC.Cl.[3H]C#C. The first-order valence-corrected chi connectivity index (χ1v) is 10.6. The van der Waals surface area contributed by atoms with Gasteiger partial charge in [-0.3, -0.25) is 0 Å². The molecular formula is C25H30ClFN4O4. The van der Waals surface area contributed by atoms with Gasteiger partial charge in [-0.1, -0.05) is 0 Å². The maximum atomic E-state index is 13.9. The van der Waals surface area contributed by atoms with Gasteiger partial charge in [-0.25, -0.2) is 14.4 Å². The molecule has 1 aromatic heterocycles. The smallest absolute Gasteiger partial charge is 0.165 e. The molecule has 8 nitrogen and oxygen atoms in total. The Bertz CT molecular complexity index is 1250. The molecule has 3 aromatic rings. The number of benzene rings is 2. The number of hydrogen-bond acceptors (Lipinski definition) is 8. The van der Waals surface area contributed by atoms with Crippen molar-refractivity contribution in [3.8, 4) is 41.5 Å². The van der Waals surface area contributed by atoms with E-state index in [1.54, 1.807) is 33.1 Å². The molecule has 1 saturated heterocycles. The molecule has 10 heteroatoms. The zero-order valence-corrected chi connectivity index (χ0v) is 20.7. The number of ether oxygens (including phenoxy) is 2. The fraction of sp³-hybridized carbons (Fsp3) is 0.360. The predicted octanol–water partition coefficient (Wildman–Crippen LogP) is 3.60. The van der Waals surface area contributed by atoms with E-state index in [9.17, 15) is 14.6 Å². The lowest BCUT2D eigenvalue weighted by Gasteiger charge is -2.31. The highest BCUT2D eigenvalue weighted by Gasteiger charge is 2.38. The number of nitrogens with one attached hydrogen (secondary N) is 2. The molecule has 1 fully saturated rings. The first-order valence-electron chi connectivity index (χ1n) is 11.1. The topological polar surface area (TPSA) is 109 Å². The molecule has 0 unspecified atom stereocenters. The number of fused-ring (bicyclic) bond motifs is 1. The average Bonchev–Trinajstić information content (AvgIpc) is 3.29. The fourth-order valence-electron chi connectivity index (χ4n) is 4.12. The van der Waals surface area contributed by atoms with Crippen molar-refractivity contribution in [3.05, 3.63) is 36.1 Å². The van der Waals surface area contributed by atoms with Crippen molar-refractivity contribution < 1.29 is 25.4 Å². The number of phenolic OH excluding ortho intramolecular Hbond substituents is 1. The number of halogens is 2. The zero-order chi connectivity index (χ0) is 25.8. The van der Waals surface area contributed by atoms with Crippen LogP contribution in [0.4, 0.5) is 10.2 Å². The summed E-state index contributed by atoms with van der Waals surface area (Å²) in [6, 6.07) is 7.00. The molecule has 0 aliphatic carbocycles. The first kappa shape index (κ1) is 26.3. The fourth-order valence-corrected chi connectivity index (χ4v) is 4.12. The minimum Gasteiger partial charge on any atom is -0.507 e. The van der Waals surface area contributed by atoms with Crippen molar-refractivity contribution >= 4 is 29.1 Å². The second-order valence-corrected chi connectivity index (χ2v) is 8.45. The van der Waals surface area contributed by atoms with Gasteiger partial charge in [0.15, 0.2) is 17.3 Å². The number of aliphatic hydroxyl groups is 1. The average molecular weight is 507 g/mol. The van der Waals surface area contributed by atoms with Gasteiger partial charge in [0.05, 0.1) is 30.9 Å². The number of aromatic hydroxyl groups is 1. The van der Waals surface area contributed by atoms with Crippen LogP contribution in [0.5, 0.6) is 17.2 Å². The van der Waals surface area contributed by atoms with Gasteiger partial charge in [-0.15, -0.1) is 25.2 Å². The summed E-state index contributed by atoms with van der Waals surface area (Å²) in [4.78, 5) is 9.19. The van der Waals surface area contributed by atoms with Crippen LogP contribution in [0.2, 0.25) is 0 Å². The third-order valence-corrected chi connectivity index (χ3v) is 5.84. The van der Waals surface area contributed by atoms with Gasteiger partial charge in [0.2, 0.25) is 0 Å². The molecule has 4 N–H and O–H groups in total. The van der Waals surface area contributed by atoms with Crippen molar-refractivity contribution in [2.24, 2.45) is 5.92 Å². The van der Waals surface area contributed by atoms with E-state index < -0.39 is 11.4 Å². The van der Waals surface area contributed by atoms with Crippen LogP contribution in [0, 0.1) is 24.6 Å². The first-order chi connectivity index (χ1) is 16.6. The number of aromatic nitrogens is 2. The maximum absolute atomic E-state index is 13.9. The highest BCUT2D eigenvalue weighted by Crippen LogP contribution is 2.37. The molecule has 188 valence electrons. The maximum Gasteiger partial charge on any atom is 0.165 e. The Hall–Kier alpha value is -3.32. The second-order valence-electron chi connectivity index (χ2n) is 8.45. The van der Waals surface area contributed by atoms with Gasteiger partial charge < -0.3 is 30.3 Å². The monoisotopic (exact) mass is 506 g/mol. The van der Waals surface area contributed by atoms with Crippen molar-refractivity contribution in [1.29, 1.82) is 0 Å². The Morgan fingerprint density at radius 2 is 1.83 bits per heavy atom. The Labute approximate surface area is 211 Å². The minimum absolute atomic E-state index is 0. The second kappa shape index (κ2) is 11.4. The number of methoxy groups -OCH3 is 2. The molecule has 2 heterocycles. The number of hydrogen-bond donors (Lipinski definition) is 4. The Kier molecular flexibility index (Phi) is 8.57. The zero-order valence-electron chi connectivity index (χ0n) is 20.9. The molecule has 35 heavy (non-hydrogen) atoms. The van der Waals surface area contributed by atoms with Crippen LogP contribution in [0.1, 0.15) is 15.2 Å². The van der Waals surface area contributed by atoms with E-state index in [-0.39, 0.29) is 41.5 Å². The largest absolute Gasteiger partial charge is 0.507 e. The molecule has 0 amide bonds. The van der Waals surface area contributed by atoms with Crippen molar-refractivity contribution in [3.63, 3.8) is 0 Å². The highest BCUT2D eigenvalue weighted by molar-refractivity contribution is 5.93. The minimum atomic E-state index is -0.908. The van der Waals surface area contributed by atoms with Crippen LogP contribution < -0.4 is 20.1 Å². The molecule has 1 aliphatic rings. The molecular weight excluding hydrogens is 475 g/mol. The molecule has 0 saturated carbocycles. The number of rotatable bonds is 6. The third kappa shape index (κ3) is 5.85. The van der Waals surface area contributed by atoms with E-state index in [1.165, 1.54) is 31.7 Å². The van der Waals surface area contributed by atoms with Crippen LogP contribution in [0.3, 0.4) is 0 Å². The lowest BCUT2D eigenvalue weighted by molar-refractivity contribution is 0.0219. The van der Waals surface area contributed by atoms with Crippen molar-refractivity contribution in [2.75, 3.05) is 32.6 Å². The lowest BCUT2D eigenvalue weighted by atomic mass is 9.87. The van der Waals surface area contributed by atoms with Gasteiger partial charge in [0, 0.05) is 36.5 Å². The number of anilines is 1. The van der Waals surface area contributed by atoms with Gasteiger partial charge in [-0.05, 0) is 38.1 Å². The molecule has 2 aromatic carbocycles. The van der Waals surface area contributed by atoms with Crippen LogP contribution in [0.15, 0.2) is 30.3 Å². The Morgan fingerprint density at radius 3 is 2.46 bits per heavy atom. The lowest BCUT2D eigenvalue weighted by Crippen LogP contribution is -2.42. The van der Waals surface area contributed by atoms with Gasteiger partial charge in [-0.2, -0.15) is 0 Å². The predicted molar refractivity (Wildman–Crippen MR) is 137 cm³/mol.